The number of aliphatic imine (C=N–C) groups is 1. The largest absolute Gasteiger partial charge is 0.349 e. The third-order valence-electron chi connectivity index (χ3n) is 3.05. The Labute approximate surface area is 139 Å². The third-order valence-corrected chi connectivity index (χ3v) is 3.05. The van der Waals surface area contributed by atoms with E-state index in [4.69, 9.17) is 0 Å². The molecule has 0 atom stereocenters. The van der Waals surface area contributed by atoms with Crippen LogP contribution in [0.4, 0.5) is 10.5 Å². The van der Waals surface area contributed by atoms with Gasteiger partial charge in [-0.05, 0) is 31.9 Å². The Hall–Kier alpha value is -1.75. The van der Waals surface area contributed by atoms with Gasteiger partial charge in [-0.3, -0.25) is 10.3 Å². The number of nitrogens with one attached hydrogen (secondary N) is 2. The zero-order valence-electron chi connectivity index (χ0n) is 14.1. The lowest BCUT2D eigenvalue weighted by atomic mass is 10.1. The quantitative estimate of drug-likeness (QED) is 0.505. The van der Waals surface area contributed by atoms with Crippen LogP contribution in [0.3, 0.4) is 0 Å². The molecule has 0 spiro atoms. The zero-order valence-corrected chi connectivity index (χ0v) is 14.9. The lowest BCUT2D eigenvalue weighted by Crippen LogP contribution is -2.42. The standard InChI is InChI=1S/C16H26N4O.ClH/c1-6-7-10-17-15(20(4)5)19-16(21)18-14-9-8-12(2)11-13(14)3;/h8-9,11H,6-7,10H2,1-5H3,(H2,17,18,19,21);1H. The molecule has 0 unspecified atom stereocenters. The molecule has 5 nitrogen and oxygen atoms in total. The van der Waals surface area contributed by atoms with E-state index in [1.54, 1.807) is 4.90 Å². The molecule has 0 saturated heterocycles. The highest BCUT2D eigenvalue weighted by Crippen LogP contribution is 2.15. The van der Waals surface area contributed by atoms with E-state index in [9.17, 15) is 4.79 Å². The Bertz CT molecular complexity index is 515. The highest BCUT2D eigenvalue weighted by molar-refractivity contribution is 6.02. The summed E-state index contributed by atoms with van der Waals surface area (Å²) in [4.78, 5) is 18.3. The number of rotatable bonds is 4. The maximum absolute atomic E-state index is 12.1. The van der Waals surface area contributed by atoms with E-state index in [2.05, 4.69) is 22.5 Å². The van der Waals surface area contributed by atoms with Gasteiger partial charge in [0.15, 0.2) is 0 Å². The molecule has 0 aliphatic carbocycles. The lowest BCUT2D eigenvalue weighted by Gasteiger charge is -2.17. The molecule has 0 fully saturated rings. The van der Waals surface area contributed by atoms with Gasteiger partial charge in [-0.2, -0.15) is 0 Å². The van der Waals surface area contributed by atoms with Crippen LogP contribution in [0.2, 0.25) is 0 Å². The van der Waals surface area contributed by atoms with Crippen LogP contribution in [-0.2, 0) is 0 Å². The molecule has 1 aromatic carbocycles. The number of urea groups is 1. The Morgan fingerprint density at radius 3 is 2.50 bits per heavy atom. The maximum atomic E-state index is 12.1. The molecule has 0 radical (unpaired) electrons. The summed E-state index contributed by atoms with van der Waals surface area (Å²) >= 11 is 0. The minimum absolute atomic E-state index is 0. The molecular weight excluding hydrogens is 300 g/mol. The summed E-state index contributed by atoms with van der Waals surface area (Å²) in [7, 11) is 3.73. The van der Waals surface area contributed by atoms with E-state index in [-0.39, 0.29) is 18.4 Å². The van der Waals surface area contributed by atoms with Gasteiger partial charge in [0, 0.05) is 26.3 Å². The highest BCUT2D eigenvalue weighted by atomic mass is 35.5. The fourth-order valence-electron chi connectivity index (χ4n) is 1.84. The van der Waals surface area contributed by atoms with Crippen LogP contribution in [0.1, 0.15) is 30.9 Å². The van der Waals surface area contributed by atoms with Gasteiger partial charge in [0.25, 0.3) is 0 Å². The van der Waals surface area contributed by atoms with E-state index >= 15 is 0 Å². The fourth-order valence-corrected chi connectivity index (χ4v) is 1.84. The molecule has 0 bridgehead atoms. The first-order valence-corrected chi connectivity index (χ1v) is 7.31. The van der Waals surface area contributed by atoms with Gasteiger partial charge in [0.1, 0.15) is 0 Å². The summed E-state index contributed by atoms with van der Waals surface area (Å²) in [5.41, 5.74) is 3.03. The molecule has 0 heterocycles. The molecule has 2 amide bonds. The van der Waals surface area contributed by atoms with Gasteiger partial charge in [-0.15, -0.1) is 12.4 Å². The second-order valence-electron chi connectivity index (χ2n) is 5.35. The average molecular weight is 327 g/mol. The van der Waals surface area contributed by atoms with Crippen molar-refractivity contribution in [1.82, 2.24) is 10.2 Å². The van der Waals surface area contributed by atoms with Crippen molar-refractivity contribution < 1.29 is 4.79 Å². The van der Waals surface area contributed by atoms with Gasteiger partial charge < -0.3 is 10.2 Å². The number of hydrogen-bond acceptors (Lipinski definition) is 2. The summed E-state index contributed by atoms with van der Waals surface area (Å²) in [6, 6.07) is 5.65. The number of hydrogen-bond donors (Lipinski definition) is 2. The first kappa shape index (κ1) is 20.2. The SMILES string of the molecule is CCCCN=C(NC(=O)Nc1ccc(C)cc1C)N(C)C.Cl. The Morgan fingerprint density at radius 1 is 1.27 bits per heavy atom. The van der Waals surface area contributed by atoms with Crippen LogP contribution in [0.15, 0.2) is 23.2 Å². The molecule has 0 aromatic heterocycles. The van der Waals surface area contributed by atoms with Crippen LogP contribution in [0, 0.1) is 13.8 Å². The number of guanidine groups is 1. The Kier molecular flexibility index (Phi) is 9.26. The lowest BCUT2D eigenvalue weighted by molar-refractivity contribution is 0.255. The normalized spacial score (nSPS) is 10.7. The van der Waals surface area contributed by atoms with E-state index in [1.165, 1.54) is 5.56 Å². The summed E-state index contributed by atoms with van der Waals surface area (Å²) in [6.45, 7) is 6.84. The number of amides is 2. The van der Waals surface area contributed by atoms with E-state index < -0.39 is 0 Å². The average Bonchev–Trinajstić information content (AvgIpc) is 2.41. The van der Waals surface area contributed by atoms with Crippen molar-refractivity contribution in [2.75, 3.05) is 26.0 Å². The van der Waals surface area contributed by atoms with Crippen molar-refractivity contribution in [2.24, 2.45) is 4.99 Å². The summed E-state index contributed by atoms with van der Waals surface area (Å²) in [6.07, 6.45) is 2.09. The first-order chi connectivity index (χ1) is 9.93. The molecule has 6 heteroatoms. The van der Waals surface area contributed by atoms with Crippen molar-refractivity contribution in [3.63, 3.8) is 0 Å². The Balaban J connectivity index is 0.00000441. The summed E-state index contributed by atoms with van der Waals surface area (Å²) < 4.78 is 0. The second kappa shape index (κ2) is 10.1. The summed E-state index contributed by atoms with van der Waals surface area (Å²) in [5.74, 6) is 0.575. The molecule has 0 aliphatic rings. The van der Waals surface area contributed by atoms with Crippen molar-refractivity contribution in [2.45, 2.75) is 33.6 Å². The van der Waals surface area contributed by atoms with Crippen LogP contribution in [0.25, 0.3) is 0 Å². The summed E-state index contributed by atoms with van der Waals surface area (Å²) in [5, 5.41) is 5.65. The second-order valence-corrected chi connectivity index (χ2v) is 5.35. The third kappa shape index (κ3) is 6.80. The van der Waals surface area contributed by atoms with Gasteiger partial charge in [0.2, 0.25) is 5.96 Å². The van der Waals surface area contributed by atoms with Crippen LogP contribution < -0.4 is 10.6 Å². The Morgan fingerprint density at radius 2 is 1.95 bits per heavy atom. The molecule has 2 N–H and O–H groups in total. The molecule has 22 heavy (non-hydrogen) atoms. The number of halogens is 1. The predicted molar refractivity (Wildman–Crippen MR) is 96.2 cm³/mol. The molecule has 124 valence electrons. The van der Waals surface area contributed by atoms with Gasteiger partial charge in [-0.1, -0.05) is 31.0 Å². The molecule has 1 aromatic rings. The van der Waals surface area contributed by atoms with Crippen LogP contribution >= 0.6 is 12.4 Å². The fraction of sp³-hybridized carbons (Fsp3) is 0.500. The van der Waals surface area contributed by atoms with Crippen molar-refractivity contribution in [3.8, 4) is 0 Å². The highest BCUT2D eigenvalue weighted by Gasteiger charge is 2.09. The minimum atomic E-state index is -0.272. The number of aryl methyl sites for hydroxylation is 2. The number of nitrogens with zero attached hydrogens (tertiary/aromatic N) is 2. The van der Waals surface area contributed by atoms with Crippen LogP contribution in [0.5, 0.6) is 0 Å². The van der Waals surface area contributed by atoms with Crippen LogP contribution in [-0.4, -0.2) is 37.5 Å². The maximum Gasteiger partial charge on any atom is 0.326 e. The topological polar surface area (TPSA) is 56.7 Å². The minimum Gasteiger partial charge on any atom is -0.349 e. The molecule has 1 rings (SSSR count). The van der Waals surface area contributed by atoms with Gasteiger partial charge in [-0.25, -0.2) is 4.79 Å². The molecular formula is C16H27ClN4O. The van der Waals surface area contributed by atoms with Crippen molar-refractivity contribution in [1.29, 1.82) is 0 Å². The van der Waals surface area contributed by atoms with Crippen molar-refractivity contribution in [3.05, 3.63) is 29.3 Å². The number of carbonyl (C=O) groups is 1. The monoisotopic (exact) mass is 326 g/mol. The van der Waals surface area contributed by atoms with E-state index in [0.29, 0.717) is 12.5 Å². The molecule has 0 saturated carbocycles. The first-order valence-electron chi connectivity index (χ1n) is 7.31. The molecule has 0 aliphatic heterocycles. The predicted octanol–water partition coefficient (Wildman–Crippen LogP) is 3.56. The number of carbonyl (C=O) groups excluding carboxylic acids is 1. The number of unbranched alkanes of at least 4 members (excludes halogenated alkanes) is 1. The number of anilines is 1. The van der Waals surface area contributed by atoms with Gasteiger partial charge >= 0.3 is 6.03 Å². The number of benzene rings is 1. The zero-order chi connectivity index (χ0) is 15.8. The van der Waals surface area contributed by atoms with Crippen molar-refractivity contribution >= 4 is 30.1 Å². The smallest absolute Gasteiger partial charge is 0.326 e. The van der Waals surface area contributed by atoms with E-state index in [1.807, 2.05) is 46.1 Å². The van der Waals surface area contributed by atoms with Gasteiger partial charge in [0.05, 0.1) is 0 Å². The van der Waals surface area contributed by atoms with E-state index in [0.717, 1.165) is 24.1 Å².